The summed E-state index contributed by atoms with van der Waals surface area (Å²) >= 11 is 4.79. The van der Waals surface area contributed by atoms with Gasteiger partial charge in [-0.1, -0.05) is 0 Å². The largest absolute Gasteiger partial charge is 0.447 e. The first kappa shape index (κ1) is 8.93. The first-order valence-electron chi connectivity index (χ1n) is 3.70. The lowest BCUT2D eigenvalue weighted by Gasteiger charge is -1.86. The van der Waals surface area contributed by atoms with Crippen LogP contribution in [0.15, 0.2) is 27.4 Å². The molecule has 2 aromatic rings. The van der Waals surface area contributed by atoms with E-state index in [0.29, 0.717) is 11.2 Å². The Hall–Kier alpha value is -0.650. The standard InChI is InChI=1S/C8H7BrN2OS/c9-7-2-1-6(12-7)8-11-4-5(3-10)13-8/h1-2,4H,3,10H2. The molecule has 0 saturated heterocycles. The van der Waals surface area contributed by atoms with Crippen molar-refractivity contribution >= 4 is 27.3 Å². The minimum atomic E-state index is 0.527. The summed E-state index contributed by atoms with van der Waals surface area (Å²) < 4.78 is 6.07. The van der Waals surface area contributed by atoms with E-state index in [-0.39, 0.29) is 0 Å². The van der Waals surface area contributed by atoms with Crippen LogP contribution in [0.4, 0.5) is 0 Å². The van der Waals surface area contributed by atoms with E-state index in [2.05, 4.69) is 20.9 Å². The van der Waals surface area contributed by atoms with Gasteiger partial charge in [0.2, 0.25) is 0 Å². The van der Waals surface area contributed by atoms with Gasteiger partial charge in [-0.15, -0.1) is 11.3 Å². The predicted octanol–water partition coefficient (Wildman–Crippen LogP) is 2.62. The number of nitrogens with two attached hydrogens (primary N) is 1. The van der Waals surface area contributed by atoms with Crippen LogP contribution in [-0.2, 0) is 6.54 Å². The first-order chi connectivity index (χ1) is 6.29. The van der Waals surface area contributed by atoms with Crippen molar-refractivity contribution in [1.82, 2.24) is 4.98 Å². The molecule has 0 aromatic carbocycles. The van der Waals surface area contributed by atoms with E-state index in [1.165, 1.54) is 0 Å². The quantitative estimate of drug-likeness (QED) is 0.901. The normalized spacial score (nSPS) is 10.6. The molecule has 13 heavy (non-hydrogen) atoms. The number of nitrogens with zero attached hydrogens (tertiary/aromatic N) is 1. The fraction of sp³-hybridized carbons (Fsp3) is 0.125. The highest BCUT2D eigenvalue weighted by Gasteiger charge is 2.07. The Kier molecular flexibility index (Phi) is 2.48. The third-order valence-electron chi connectivity index (χ3n) is 1.54. The van der Waals surface area contributed by atoms with Crippen LogP contribution in [0, 0.1) is 0 Å². The van der Waals surface area contributed by atoms with Gasteiger partial charge in [-0.25, -0.2) is 4.98 Å². The number of halogens is 1. The summed E-state index contributed by atoms with van der Waals surface area (Å²) in [6.45, 7) is 0.527. The minimum Gasteiger partial charge on any atom is -0.447 e. The Labute approximate surface area is 87.7 Å². The van der Waals surface area contributed by atoms with Gasteiger partial charge in [0.25, 0.3) is 0 Å². The van der Waals surface area contributed by atoms with Crippen LogP contribution in [0.25, 0.3) is 10.8 Å². The van der Waals surface area contributed by atoms with Crippen molar-refractivity contribution in [2.24, 2.45) is 5.73 Å². The molecule has 5 heteroatoms. The van der Waals surface area contributed by atoms with Crippen LogP contribution in [0.5, 0.6) is 0 Å². The Morgan fingerprint density at radius 3 is 2.92 bits per heavy atom. The van der Waals surface area contributed by atoms with E-state index in [0.717, 1.165) is 15.6 Å². The van der Waals surface area contributed by atoms with Crippen molar-refractivity contribution in [3.63, 3.8) is 0 Å². The molecular formula is C8H7BrN2OS. The molecule has 2 rings (SSSR count). The molecule has 3 nitrogen and oxygen atoms in total. The van der Waals surface area contributed by atoms with Crippen LogP contribution in [0.1, 0.15) is 4.88 Å². The molecule has 2 N–H and O–H groups in total. The second-order valence-electron chi connectivity index (χ2n) is 2.44. The third kappa shape index (κ3) is 1.82. The first-order valence-corrected chi connectivity index (χ1v) is 5.31. The molecule has 0 bridgehead atoms. The molecular weight excluding hydrogens is 252 g/mol. The van der Waals surface area contributed by atoms with Gasteiger partial charge in [-0.2, -0.15) is 0 Å². The maximum atomic E-state index is 5.48. The van der Waals surface area contributed by atoms with E-state index in [1.807, 2.05) is 12.1 Å². The molecule has 0 radical (unpaired) electrons. The second kappa shape index (κ2) is 3.61. The number of furan rings is 1. The number of hydrogen-bond donors (Lipinski definition) is 1. The summed E-state index contributed by atoms with van der Waals surface area (Å²) in [5, 5.41) is 0.867. The molecule has 0 saturated carbocycles. The van der Waals surface area contributed by atoms with Crippen LogP contribution in [-0.4, -0.2) is 4.98 Å². The van der Waals surface area contributed by atoms with Crippen LogP contribution >= 0.6 is 27.3 Å². The molecule has 0 fully saturated rings. The van der Waals surface area contributed by atoms with Gasteiger partial charge in [0.1, 0.15) is 0 Å². The average Bonchev–Trinajstić information content (AvgIpc) is 2.71. The lowest BCUT2D eigenvalue weighted by atomic mass is 10.5. The fourth-order valence-electron chi connectivity index (χ4n) is 0.945. The molecule has 0 amide bonds. The molecule has 0 aliphatic rings. The molecule has 2 aromatic heterocycles. The molecule has 0 unspecified atom stereocenters. The number of thiazole rings is 1. The van der Waals surface area contributed by atoms with E-state index in [1.54, 1.807) is 17.5 Å². The van der Waals surface area contributed by atoms with Crippen molar-refractivity contribution in [2.75, 3.05) is 0 Å². The Balaban J connectivity index is 2.35. The van der Waals surface area contributed by atoms with Gasteiger partial charge in [0.05, 0.1) is 0 Å². The van der Waals surface area contributed by atoms with Crippen molar-refractivity contribution in [3.05, 3.63) is 27.9 Å². The summed E-state index contributed by atoms with van der Waals surface area (Å²) in [7, 11) is 0. The maximum Gasteiger partial charge on any atom is 0.170 e. The number of hydrogen-bond acceptors (Lipinski definition) is 4. The van der Waals surface area contributed by atoms with E-state index >= 15 is 0 Å². The van der Waals surface area contributed by atoms with E-state index in [9.17, 15) is 0 Å². The topological polar surface area (TPSA) is 52.0 Å². The summed E-state index contributed by atoms with van der Waals surface area (Å²) in [6.07, 6.45) is 1.77. The lowest BCUT2D eigenvalue weighted by molar-refractivity contribution is 0.555. The van der Waals surface area contributed by atoms with Crippen molar-refractivity contribution in [3.8, 4) is 10.8 Å². The van der Waals surface area contributed by atoms with Crippen LogP contribution in [0.3, 0.4) is 0 Å². The highest BCUT2D eigenvalue weighted by Crippen LogP contribution is 2.28. The minimum absolute atomic E-state index is 0.527. The number of rotatable bonds is 2. The van der Waals surface area contributed by atoms with Gasteiger partial charge >= 0.3 is 0 Å². The van der Waals surface area contributed by atoms with Crippen LogP contribution in [0.2, 0.25) is 0 Å². The highest BCUT2D eigenvalue weighted by molar-refractivity contribution is 9.10. The predicted molar refractivity (Wildman–Crippen MR) is 55.4 cm³/mol. The van der Waals surface area contributed by atoms with Crippen molar-refractivity contribution < 1.29 is 4.42 Å². The van der Waals surface area contributed by atoms with Gasteiger partial charge in [-0.05, 0) is 28.1 Å². The summed E-state index contributed by atoms with van der Waals surface area (Å²) in [5.41, 5.74) is 5.48. The average molecular weight is 259 g/mol. The van der Waals surface area contributed by atoms with Gasteiger partial charge in [0, 0.05) is 17.6 Å². The SMILES string of the molecule is NCc1cnc(-c2ccc(Br)o2)s1. The molecule has 0 aliphatic heterocycles. The summed E-state index contributed by atoms with van der Waals surface area (Å²) in [4.78, 5) is 5.25. The third-order valence-corrected chi connectivity index (χ3v) is 3.00. The molecule has 0 atom stereocenters. The summed E-state index contributed by atoms with van der Waals surface area (Å²) in [6, 6.07) is 3.72. The molecule has 68 valence electrons. The lowest BCUT2D eigenvalue weighted by Crippen LogP contribution is -1.91. The zero-order valence-corrected chi connectivity index (χ0v) is 9.06. The van der Waals surface area contributed by atoms with Crippen molar-refractivity contribution in [1.29, 1.82) is 0 Å². The Morgan fingerprint density at radius 2 is 2.38 bits per heavy atom. The monoisotopic (exact) mass is 258 g/mol. The van der Waals surface area contributed by atoms with Gasteiger partial charge in [0.15, 0.2) is 15.4 Å². The number of aromatic nitrogens is 1. The molecule has 0 spiro atoms. The fourth-order valence-corrected chi connectivity index (χ4v) is 2.00. The Morgan fingerprint density at radius 1 is 1.54 bits per heavy atom. The molecule has 2 heterocycles. The maximum absolute atomic E-state index is 5.48. The van der Waals surface area contributed by atoms with Crippen molar-refractivity contribution in [2.45, 2.75) is 6.54 Å². The van der Waals surface area contributed by atoms with Crippen LogP contribution < -0.4 is 5.73 Å². The highest BCUT2D eigenvalue weighted by atomic mass is 79.9. The van der Waals surface area contributed by atoms with Gasteiger partial charge < -0.3 is 10.2 Å². The van der Waals surface area contributed by atoms with E-state index < -0.39 is 0 Å². The molecule has 0 aliphatic carbocycles. The second-order valence-corrected chi connectivity index (χ2v) is 4.34. The van der Waals surface area contributed by atoms with Gasteiger partial charge in [-0.3, -0.25) is 0 Å². The zero-order valence-electron chi connectivity index (χ0n) is 6.66. The smallest absolute Gasteiger partial charge is 0.170 e. The zero-order chi connectivity index (χ0) is 9.26. The Bertz CT molecular complexity index is 410. The summed E-state index contributed by atoms with van der Waals surface area (Å²) in [5.74, 6) is 0.775. The van der Waals surface area contributed by atoms with E-state index in [4.69, 9.17) is 10.2 Å².